The van der Waals surface area contributed by atoms with Crippen LogP contribution in [0.1, 0.15) is 19.8 Å². The molecule has 0 radical (unpaired) electrons. The molecule has 1 nitrogen and oxygen atoms in total. The zero-order valence-electron chi connectivity index (χ0n) is 7.59. The summed E-state index contributed by atoms with van der Waals surface area (Å²) in [5.74, 6) is 0.664. The van der Waals surface area contributed by atoms with E-state index in [-0.39, 0.29) is 0 Å². The van der Waals surface area contributed by atoms with Crippen molar-refractivity contribution < 1.29 is 0 Å². The molecule has 1 heteroatoms. The quantitative estimate of drug-likeness (QED) is 0.444. The summed E-state index contributed by atoms with van der Waals surface area (Å²) < 4.78 is 0. The fourth-order valence-electron chi connectivity index (χ4n) is 1.10. The Bertz CT molecular complexity index is 242. The van der Waals surface area contributed by atoms with Gasteiger partial charge >= 0.3 is 0 Å². The Balaban J connectivity index is 2.74. The van der Waals surface area contributed by atoms with Crippen molar-refractivity contribution >= 4 is 6.72 Å². The lowest BCUT2D eigenvalue weighted by molar-refractivity contribution is 0.983. The molecule has 0 spiro atoms. The molecule has 0 saturated heterocycles. The molecule has 12 heavy (non-hydrogen) atoms. The van der Waals surface area contributed by atoms with Crippen molar-refractivity contribution in [1.82, 2.24) is 0 Å². The van der Waals surface area contributed by atoms with Gasteiger partial charge in [-0.1, -0.05) is 18.7 Å². The fourth-order valence-corrected chi connectivity index (χ4v) is 1.10. The lowest BCUT2D eigenvalue weighted by atomic mass is 10.2. The van der Waals surface area contributed by atoms with Crippen LogP contribution in [0.3, 0.4) is 0 Å². The molecule has 1 saturated carbocycles. The van der Waals surface area contributed by atoms with Crippen LogP contribution in [0.4, 0.5) is 0 Å². The summed E-state index contributed by atoms with van der Waals surface area (Å²) in [6, 6.07) is 0. The Labute approximate surface area is 74.2 Å². The monoisotopic (exact) mass is 161 g/mol. The molecule has 0 atom stereocenters. The van der Waals surface area contributed by atoms with Crippen molar-refractivity contribution in [3.05, 3.63) is 36.1 Å². The largest absolute Gasteiger partial charge is 0.269 e. The standard InChI is InChI=1S/C11H15N/c1-4-9(5-2)8-11(12-3)10-6-7-10/h4-5,8,10H,1,3,6-7H2,2H3. The lowest BCUT2D eigenvalue weighted by Crippen LogP contribution is -1.81. The third kappa shape index (κ3) is 2.19. The molecule has 0 bridgehead atoms. The lowest BCUT2D eigenvalue weighted by Gasteiger charge is -1.97. The Morgan fingerprint density at radius 1 is 1.50 bits per heavy atom. The Hall–Kier alpha value is -1.11. The molecule has 64 valence electrons. The first kappa shape index (κ1) is 8.98. The summed E-state index contributed by atoms with van der Waals surface area (Å²) in [5.41, 5.74) is 2.24. The smallest absolute Gasteiger partial charge is 0.0433 e. The number of allylic oxidation sites excluding steroid dienone is 5. The number of aliphatic imine (C=N–C) groups is 1. The van der Waals surface area contributed by atoms with Gasteiger partial charge in [0.05, 0.1) is 0 Å². The second-order valence-electron chi connectivity index (χ2n) is 2.99. The summed E-state index contributed by atoms with van der Waals surface area (Å²) >= 11 is 0. The molecule has 0 N–H and O–H groups in total. The van der Waals surface area contributed by atoms with Gasteiger partial charge in [-0.3, -0.25) is 4.99 Å². The van der Waals surface area contributed by atoms with E-state index in [0.29, 0.717) is 5.92 Å². The molecule has 1 aliphatic carbocycles. The van der Waals surface area contributed by atoms with E-state index in [2.05, 4.69) is 24.4 Å². The van der Waals surface area contributed by atoms with Crippen LogP contribution in [0.5, 0.6) is 0 Å². The van der Waals surface area contributed by atoms with Gasteiger partial charge in [-0.05, 0) is 38.1 Å². The minimum Gasteiger partial charge on any atom is -0.269 e. The third-order valence-corrected chi connectivity index (χ3v) is 2.06. The Morgan fingerprint density at radius 2 is 2.17 bits per heavy atom. The van der Waals surface area contributed by atoms with Gasteiger partial charge < -0.3 is 0 Å². The predicted molar refractivity (Wildman–Crippen MR) is 54.3 cm³/mol. The number of nitrogens with zero attached hydrogens (tertiary/aromatic N) is 1. The molecule has 0 aromatic carbocycles. The molecule has 1 aliphatic rings. The molecule has 0 unspecified atom stereocenters. The van der Waals surface area contributed by atoms with Crippen molar-refractivity contribution in [1.29, 1.82) is 0 Å². The topological polar surface area (TPSA) is 12.4 Å². The highest BCUT2D eigenvalue weighted by molar-refractivity contribution is 5.38. The van der Waals surface area contributed by atoms with Crippen LogP contribution < -0.4 is 0 Å². The normalized spacial score (nSPS) is 19.1. The van der Waals surface area contributed by atoms with Crippen LogP contribution in [-0.4, -0.2) is 6.72 Å². The summed E-state index contributed by atoms with van der Waals surface area (Å²) in [6.45, 7) is 9.29. The average Bonchev–Trinajstić information content (AvgIpc) is 2.90. The van der Waals surface area contributed by atoms with Crippen molar-refractivity contribution in [2.75, 3.05) is 0 Å². The zero-order valence-corrected chi connectivity index (χ0v) is 7.59. The molecule has 1 rings (SSSR count). The van der Waals surface area contributed by atoms with Crippen molar-refractivity contribution in [2.45, 2.75) is 19.8 Å². The average molecular weight is 161 g/mol. The highest BCUT2D eigenvalue weighted by Crippen LogP contribution is 2.37. The van der Waals surface area contributed by atoms with Gasteiger partial charge in [0.2, 0.25) is 0 Å². The number of rotatable bonds is 4. The molecule has 0 aliphatic heterocycles. The minimum absolute atomic E-state index is 0.664. The van der Waals surface area contributed by atoms with Crippen LogP contribution in [-0.2, 0) is 0 Å². The van der Waals surface area contributed by atoms with Crippen LogP contribution in [0.2, 0.25) is 0 Å². The summed E-state index contributed by atoms with van der Waals surface area (Å²) in [4.78, 5) is 4.01. The van der Waals surface area contributed by atoms with Gasteiger partial charge in [0.25, 0.3) is 0 Å². The summed E-state index contributed by atoms with van der Waals surface area (Å²) in [6.07, 6.45) is 8.46. The second kappa shape index (κ2) is 4.05. The first-order valence-corrected chi connectivity index (χ1v) is 4.29. The molecule has 0 heterocycles. The van der Waals surface area contributed by atoms with Crippen LogP contribution in [0.15, 0.2) is 41.1 Å². The molecule has 0 aromatic heterocycles. The van der Waals surface area contributed by atoms with Crippen LogP contribution in [0, 0.1) is 5.92 Å². The van der Waals surface area contributed by atoms with E-state index in [1.165, 1.54) is 12.8 Å². The fraction of sp³-hybridized carbons (Fsp3) is 0.364. The molecule has 1 fully saturated rings. The SMILES string of the molecule is C=CC(=CC)C=C(N=C)C1CC1. The highest BCUT2D eigenvalue weighted by Gasteiger charge is 2.25. The number of hydrogen-bond acceptors (Lipinski definition) is 1. The van der Waals surface area contributed by atoms with Crippen molar-refractivity contribution in [2.24, 2.45) is 10.9 Å². The molecular formula is C11H15N. The van der Waals surface area contributed by atoms with Crippen molar-refractivity contribution in [3.8, 4) is 0 Å². The zero-order chi connectivity index (χ0) is 8.97. The molecule has 0 amide bonds. The van der Waals surface area contributed by atoms with Gasteiger partial charge in [0, 0.05) is 11.6 Å². The first-order valence-electron chi connectivity index (χ1n) is 4.29. The van der Waals surface area contributed by atoms with E-state index in [1.807, 2.05) is 19.1 Å². The van der Waals surface area contributed by atoms with E-state index in [0.717, 1.165) is 11.3 Å². The van der Waals surface area contributed by atoms with Gasteiger partial charge in [-0.25, -0.2) is 0 Å². The van der Waals surface area contributed by atoms with E-state index in [9.17, 15) is 0 Å². The van der Waals surface area contributed by atoms with Gasteiger partial charge in [-0.2, -0.15) is 0 Å². The van der Waals surface area contributed by atoms with E-state index in [4.69, 9.17) is 0 Å². The predicted octanol–water partition coefficient (Wildman–Crippen LogP) is 3.11. The molecular weight excluding hydrogens is 146 g/mol. The van der Waals surface area contributed by atoms with Gasteiger partial charge in [0.15, 0.2) is 0 Å². The molecule has 0 aromatic rings. The maximum Gasteiger partial charge on any atom is 0.0433 e. The number of hydrogen-bond donors (Lipinski definition) is 0. The summed E-state index contributed by atoms with van der Waals surface area (Å²) in [5, 5.41) is 0. The van der Waals surface area contributed by atoms with Crippen LogP contribution >= 0.6 is 0 Å². The minimum atomic E-state index is 0.664. The van der Waals surface area contributed by atoms with E-state index >= 15 is 0 Å². The second-order valence-corrected chi connectivity index (χ2v) is 2.99. The third-order valence-electron chi connectivity index (χ3n) is 2.06. The maximum absolute atomic E-state index is 4.01. The highest BCUT2D eigenvalue weighted by atomic mass is 14.7. The summed E-state index contributed by atoms with van der Waals surface area (Å²) in [7, 11) is 0. The Kier molecular flexibility index (Phi) is 3.03. The van der Waals surface area contributed by atoms with Gasteiger partial charge in [0.1, 0.15) is 0 Å². The Morgan fingerprint density at radius 3 is 2.50 bits per heavy atom. The first-order chi connectivity index (χ1) is 5.81. The van der Waals surface area contributed by atoms with Crippen LogP contribution in [0.25, 0.3) is 0 Å². The maximum atomic E-state index is 4.01. The van der Waals surface area contributed by atoms with Crippen molar-refractivity contribution in [3.63, 3.8) is 0 Å². The van der Waals surface area contributed by atoms with E-state index in [1.54, 1.807) is 0 Å². The van der Waals surface area contributed by atoms with E-state index < -0.39 is 0 Å². The van der Waals surface area contributed by atoms with Gasteiger partial charge in [-0.15, -0.1) is 0 Å².